The first-order valence-electron chi connectivity index (χ1n) is 7.57. The van der Waals surface area contributed by atoms with Gasteiger partial charge in [-0.1, -0.05) is 17.7 Å². The van der Waals surface area contributed by atoms with E-state index in [9.17, 15) is 28.1 Å². The van der Waals surface area contributed by atoms with E-state index in [4.69, 9.17) is 16.3 Å². The minimum absolute atomic E-state index is 0.0971. The van der Waals surface area contributed by atoms with Crippen LogP contribution in [0.15, 0.2) is 36.4 Å². The fourth-order valence-electron chi connectivity index (χ4n) is 2.30. The van der Waals surface area contributed by atoms with Crippen LogP contribution >= 0.6 is 24.2 Å². The summed E-state index contributed by atoms with van der Waals surface area (Å²) >= 11 is 9.68. The maximum Gasteiger partial charge on any atom is 0.389 e. The number of nitro groups is 1. The Morgan fingerprint density at radius 2 is 1.93 bits per heavy atom. The molecule has 2 aromatic rings. The third-order valence-corrected chi connectivity index (χ3v) is 3.96. The van der Waals surface area contributed by atoms with Gasteiger partial charge in [0.25, 0.3) is 5.69 Å². The molecule has 0 N–H and O–H groups in total. The van der Waals surface area contributed by atoms with Gasteiger partial charge in [0.15, 0.2) is 5.12 Å². The van der Waals surface area contributed by atoms with E-state index in [0.717, 1.165) is 0 Å². The van der Waals surface area contributed by atoms with Crippen molar-refractivity contribution in [3.8, 4) is 11.5 Å². The third-order valence-electron chi connectivity index (χ3n) is 3.51. The Kier molecular flexibility index (Phi) is 6.72. The van der Waals surface area contributed by atoms with Crippen molar-refractivity contribution in [2.45, 2.75) is 25.4 Å². The van der Waals surface area contributed by atoms with Crippen molar-refractivity contribution in [1.82, 2.24) is 0 Å². The molecule has 0 heterocycles. The Hall–Kier alpha value is -2.26. The van der Waals surface area contributed by atoms with Crippen LogP contribution in [0, 0.1) is 10.1 Å². The van der Waals surface area contributed by atoms with Crippen LogP contribution in [-0.2, 0) is 17.6 Å². The molecule has 144 valence electrons. The summed E-state index contributed by atoms with van der Waals surface area (Å²) in [6.07, 6.45) is -5.70. The number of hydrogen-bond donors (Lipinski definition) is 1. The highest BCUT2D eigenvalue weighted by Gasteiger charge is 2.26. The second-order valence-corrected chi connectivity index (χ2v) is 6.51. The molecule has 0 amide bonds. The molecule has 0 aliphatic carbocycles. The molecule has 0 spiro atoms. The SMILES string of the molecule is O=C(S)Cc1cc(Oc2ccc(CCC(F)(F)F)cc2Cl)ccc1[N+](=O)[O-]. The van der Waals surface area contributed by atoms with Crippen LogP contribution in [0.5, 0.6) is 11.5 Å². The molecule has 0 aliphatic heterocycles. The normalized spacial score (nSPS) is 11.3. The number of aryl methyl sites for hydroxylation is 1. The van der Waals surface area contributed by atoms with Gasteiger partial charge < -0.3 is 4.74 Å². The molecule has 0 fully saturated rings. The molecule has 27 heavy (non-hydrogen) atoms. The lowest BCUT2D eigenvalue weighted by molar-refractivity contribution is -0.385. The molecule has 0 aliphatic rings. The zero-order chi connectivity index (χ0) is 20.2. The first-order chi connectivity index (χ1) is 12.5. The summed E-state index contributed by atoms with van der Waals surface area (Å²) in [5.41, 5.74) is 0.267. The van der Waals surface area contributed by atoms with E-state index in [-0.39, 0.29) is 40.6 Å². The van der Waals surface area contributed by atoms with E-state index in [2.05, 4.69) is 12.6 Å². The Morgan fingerprint density at radius 1 is 1.22 bits per heavy atom. The number of carbonyl (C=O) groups is 1. The van der Waals surface area contributed by atoms with Crippen molar-refractivity contribution in [1.29, 1.82) is 0 Å². The number of carbonyl (C=O) groups excluding carboxylic acids is 1. The van der Waals surface area contributed by atoms with Crippen LogP contribution in [-0.4, -0.2) is 16.2 Å². The molecular weight excluding hydrogens is 407 g/mol. The third kappa shape index (κ3) is 6.44. The van der Waals surface area contributed by atoms with E-state index >= 15 is 0 Å². The minimum Gasteiger partial charge on any atom is -0.456 e. The topological polar surface area (TPSA) is 69.4 Å². The number of thiol groups is 1. The average molecular weight is 420 g/mol. The number of alkyl halides is 3. The van der Waals surface area contributed by atoms with Crippen LogP contribution in [0.3, 0.4) is 0 Å². The predicted molar refractivity (Wildman–Crippen MR) is 96.7 cm³/mol. The number of nitrogens with zero attached hydrogens (tertiary/aromatic N) is 1. The standard InChI is InChI=1S/C17H13ClF3NO4S/c18-13-7-10(5-6-17(19,20)21)1-4-15(13)26-12-2-3-14(22(24)25)11(8-12)9-16(23)27/h1-4,7-8H,5-6,9H2,(H,23,27). The van der Waals surface area contributed by atoms with Crippen molar-refractivity contribution >= 4 is 35.0 Å². The van der Waals surface area contributed by atoms with Gasteiger partial charge in [-0.05, 0) is 36.2 Å². The molecule has 5 nitrogen and oxygen atoms in total. The summed E-state index contributed by atoms with van der Waals surface area (Å²) in [6.45, 7) is 0. The maximum absolute atomic E-state index is 12.3. The van der Waals surface area contributed by atoms with Crippen molar-refractivity contribution in [2.75, 3.05) is 0 Å². The largest absolute Gasteiger partial charge is 0.456 e. The smallest absolute Gasteiger partial charge is 0.389 e. The summed E-state index contributed by atoms with van der Waals surface area (Å²) in [5.74, 6) is 0.361. The van der Waals surface area contributed by atoms with Gasteiger partial charge in [0, 0.05) is 24.5 Å². The maximum atomic E-state index is 12.3. The van der Waals surface area contributed by atoms with Gasteiger partial charge in [0.1, 0.15) is 11.5 Å². The highest BCUT2D eigenvalue weighted by Crippen LogP contribution is 2.33. The Labute approximate surface area is 162 Å². The van der Waals surface area contributed by atoms with Gasteiger partial charge in [0.2, 0.25) is 0 Å². The zero-order valence-electron chi connectivity index (χ0n) is 13.6. The van der Waals surface area contributed by atoms with Gasteiger partial charge in [-0.2, -0.15) is 13.2 Å². The van der Waals surface area contributed by atoms with E-state index < -0.39 is 22.6 Å². The Balaban J connectivity index is 2.21. The van der Waals surface area contributed by atoms with E-state index in [0.29, 0.717) is 5.56 Å². The van der Waals surface area contributed by atoms with Crippen LogP contribution in [0.4, 0.5) is 18.9 Å². The van der Waals surface area contributed by atoms with Crippen LogP contribution in [0.1, 0.15) is 17.5 Å². The minimum atomic E-state index is -4.26. The van der Waals surface area contributed by atoms with Crippen LogP contribution in [0.25, 0.3) is 0 Å². The van der Waals surface area contributed by atoms with E-state index in [1.807, 2.05) is 0 Å². The van der Waals surface area contributed by atoms with Crippen molar-refractivity contribution in [3.05, 3.63) is 62.7 Å². The molecular formula is C17H13ClF3NO4S. The number of ether oxygens (including phenoxy) is 1. The van der Waals surface area contributed by atoms with Crippen molar-refractivity contribution < 1.29 is 27.6 Å². The molecule has 0 unspecified atom stereocenters. The van der Waals surface area contributed by atoms with E-state index in [1.165, 1.54) is 36.4 Å². The lowest BCUT2D eigenvalue weighted by atomic mass is 10.1. The summed E-state index contributed by atoms with van der Waals surface area (Å²) in [7, 11) is 0. The highest BCUT2D eigenvalue weighted by molar-refractivity contribution is 7.96. The Morgan fingerprint density at radius 3 is 2.48 bits per heavy atom. The monoisotopic (exact) mass is 419 g/mol. The number of hydrogen-bond acceptors (Lipinski definition) is 4. The van der Waals surface area contributed by atoms with Crippen molar-refractivity contribution in [3.63, 3.8) is 0 Å². The van der Waals surface area contributed by atoms with Crippen LogP contribution < -0.4 is 4.74 Å². The average Bonchev–Trinajstić information content (AvgIpc) is 2.54. The fraction of sp³-hybridized carbons (Fsp3) is 0.235. The number of benzene rings is 2. The lowest BCUT2D eigenvalue weighted by Crippen LogP contribution is -2.08. The number of halogens is 4. The van der Waals surface area contributed by atoms with Gasteiger partial charge in [-0.25, -0.2) is 0 Å². The van der Waals surface area contributed by atoms with Gasteiger partial charge in [-0.3, -0.25) is 14.9 Å². The molecule has 0 atom stereocenters. The highest BCUT2D eigenvalue weighted by atomic mass is 35.5. The number of rotatable bonds is 7. The molecule has 2 rings (SSSR count). The van der Waals surface area contributed by atoms with E-state index in [1.54, 1.807) is 0 Å². The summed E-state index contributed by atoms with van der Waals surface area (Å²) in [6, 6.07) is 8.08. The molecule has 0 saturated heterocycles. The predicted octanol–water partition coefficient (Wildman–Crippen LogP) is 5.53. The molecule has 0 radical (unpaired) electrons. The quantitative estimate of drug-likeness (QED) is 0.363. The first-order valence-corrected chi connectivity index (χ1v) is 8.40. The second-order valence-electron chi connectivity index (χ2n) is 5.60. The molecule has 0 bridgehead atoms. The lowest BCUT2D eigenvalue weighted by Gasteiger charge is -2.11. The molecule has 0 saturated carbocycles. The summed E-state index contributed by atoms with van der Waals surface area (Å²) < 4.78 is 42.4. The van der Waals surface area contributed by atoms with Gasteiger partial charge >= 0.3 is 6.18 Å². The number of nitro benzene ring substituents is 1. The fourth-order valence-corrected chi connectivity index (χ4v) is 2.72. The zero-order valence-corrected chi connectivity index (χ0v) is 15.3. The van der Waals surface area contributed by atoms with Gasteiger partial charge in [0.05, 0.1) is 9.95 Å². The molecule has 0 aromatic heterocycles. The molecule has 10 heteroatoms. The van der Waals surface area contributed by atoms with Gasteiger partial charge in [-0.15, -0.1) is 12.6 Å². The summed E-state index contributed by atoms with van der Waals surface area (Å²) in [4.78, 5) is 21.6. The van der Waals surface area contributed by atoms with Crippen molar-refractivity contribution in [2.24, 2.45) is 0 Å². The Bertz CT molecular complexity index is 874. The first kappa shape index (κ1) is 21.0. The second kappa shape index (κ2) is 8.62. The molecule has 2 aromatic carbocycles. The summed E-state index contributed by atoms with van der Waals surface area (Å²) in [5, 5.41) is 10.6. The van der Waals surface area contributed by atoms with Crippen LogP contribution in [0.2, 0.25) is 5.02 Å².